The van der Waals surface area contributed by atoms with E-state index >= 15 is 0 Å². The van der Waals surface area contributed by atoms with Gasteiger partial charge in [-0.1, -0.05) is 12.1 Å². The van der Waals surface area contributed by atoms with Gasteiger partial charge in [-0.2, -0.15) is 8.78 Å². The second-order valence-electron chi connectivity index (χ2n) is 10.5. The third-order valence-electron chi connectivity index (χ3n) is 7.34. The fourth-order valence-electron chi connectivity index (χ4n) is 4.92. The number of alkyl halides is 2. The predicted molar refractivity (Wildman–Crippen MR) is 149 cm³/mol. The number of nitrogens with zero attached hydrogens (tertiary/aromatic N) is 4. The Bertz CT molecular complexity index is 1460. The van der Waals surface area contributed by atoms with E-state index in [1.54, 1.807) is 48.8 Å². The average Bonchev–Trinajstić information content (AvgIpc) is 3.73. The number of ether oxygens (including phenoxy) is 2. The van der Waals surface area contributed by atoms with Crippen LogP contribution in [-0.4, -0.2) is 63.4 Å². The van der Waals surface area contributed by atoms with Gasteiger partial charge in [-0.15, -0.1) is 0 Å². The fourth-order valence-corrected chi connectivity index (χ4v) is 4.92. The first-order valence-corrected chi connectivity index (χ1v) is 14.0. The number of pyridine rings is 1. The van der Waals surface area contributed by atoms with E-state index in [0.717, 1.165) is 18.4 Å². The molecule has 3 aromatic rings. The zero-order valence-electron chi connectivity index (χ0n) is 23.5. The third-order valence-corrected chi connectivity index (χ3v) is 7.34. The number of nitrogens with one attached hydrogen (secondary N) is 2. The summed E-state index contributed by atoms with van der Waals surface area (Å²) in [5.74, 6) is -0.212. The number of carbonyl (C=O) groups excluding carboxylic acids is 3. The van der Waals surface area contributed by atoms with Crippen molar-refractivity contribution in [1.29, 1.82) is 0 Å². The Labute approximate surface area is 247 Å². The van der Waals surface area contributed by atoms with Gasteiger partial charge in [0.25, 0.3) is 5.91 Å². The molecule has 2 aliphatic rings. The minimum atomic E-state index is -2.99. The lowest BCUT2D eigenvalue weighted by Gasteiger charge is -2.22. The summed E-state index contributed by atoms with van der Waals surface area (Å²) < 4.78 is 36.4. The number of benzene rings is 1. The Morgan fingerprint density at radius 2 is 1.81 bits per heavy atom. The van der Waals surface area contributed by atoms with Crippen LogP contribution in [0.25, 0.3) is 0 Å². The molecule has 2 atom stereocenters. The molecule has 1 aliphatic heterocycles. The molecule has 5 rings (SSSR count). The summed E-state index contributed by atoms with van der Waals surface area (Å²) in [5, 5.41) is 5.54. The van der Waals surface area contributed by atoms with Crippen molar-refractivity contribution in [2.24, 2.45) is 5.92 Å². The highest BCUT2D eigenvalue weighted by Gasteiger charge is 2.39. The number of carbonyl (C=O) groups is 3. The summed E-state index contributed by atoms with van der Waals surface area (Å²) in [6.07, 6.45) is 5.57. The standard InChI is InChI=1S/C30H32F2N6O5/c1-18(39)38-16-21(20-8-9-25(43-30(31)32)26(13-20)42-17-19-6-7-19)12-24(38)29(41)35-14-22-4-2-5-23(37-22)28(40)36-15-27-33-10-3-11-34-27/h2-5,8-11,13,19,21,24,30H,6-7,12,14-17H2,1H3,(H,35,41)(H,36,40)/t21?,24-/m1/s1. The van der Waals surface area contributed by atoms with Gasteiger partial charge < -0.3 is 25.0 Å². The van der Waals surface area contributed by atoms with Gasteiger partial charge in [0.1, 0.15) is 17.6 Å². The highest BCUT2D eigenvalue weighted by atomic mass is 19.3. The van der Waals surface area contributed by atoms with Gasteiger partial charge in [0.15, 0.2) is 11.5 Å². The maximum Gasteiger partial charge on any atom is 0.387 e. The third kappa shape index (κ3) is 7.99. The molecule has 2 fully saturated rings. The molecule has 0 radical (unpaired) electrons. The second-order valence-corrected chi connectivity index (χ2v) is 10.5. The normalized spacial score (nSPS) is 17.9. The summed E-state index contributed by atoms with van der Waals surface area (Å²) in [6, 6.07) is 10.6. The monoisotopic (exact) mass is 594 g/mol. The van der Waals surface area contributed by atoms with Crippen molar-refractivity contribution in [3.05, 3.63) is 77.6 Å². The van der Waals surface area contributed by atoms with Crippen molar-refractivity contribution in [1.82, 2.24) is 30.5 Å². The van der Waals surface area contributed by atoms with Crippen LogP contribution in [0.1, 0.15) is 59.7 Å². The molecule has 1 saturated carbocycles. The number of rotatable bonds is 12. The predicted octanol–water partition coefficient (Wildman–Crippen LogP) is 3.21. The van der Waals surface area contributed by atoms with E-state index in [9.17, 15) is 23.2 Å². The average molecular weight is 595 g/mol. The van der Waals surface area contributed by atoms with Crippen molar-refractivity contribution >= 4 is 17.7 Å². The van der Waals surface area contributed by atoms with Crippen molar-refractivity contribution in [2.45, 2.75) is 57.8 Å². The van der Waals surface area contributed by atoms with Gasteiger partial charge in [-0.05, 0) is 61.1 Å². The van der Waals surface area contributed by atoms with Gasteiger partial charge in [0, 0.05) is 31.8 Å². The first-order chi connectivity index (χ1) is 20.8. The zero-order valence-corrected chi connectivity index (χ0v) is 23.5. The Morgan fingerprint density at radius 1 is 1.02 bits per heavy atom. The summed E-state index contributed by atoms with van der Waals surface area (Å²) in [4.78, 5) is 52.3. The number of amides is 3. The van der Waals surface area contributed by atoms with E-state index in [1.165, 1.54) is 17.9 Å². The Morgan fingerprint density at radius 3 is 2.53 bits per heavy atom. The van der Waals surface area contributed by atoms with Crippen molar-refractivity contribution < 1.29 is 32.6 Å². The Kier molecular flexibility index (Phi) is 9.38. The molecule has 1 saturated heterocycles. The van der Waals surface area contributed by atoms with Crippen LogP contribution in [0, 0.1) is 5.92 Å². The summed E-state index contributed by atoms with van der Waals surface area (Å²) in [7, 11) is 0. The summed E-state index contributed by atoms with van der Waals surface area (Å²) >= 11 is 0. The topological polar surface area (TPSA) is 136 Å². The highest BCUT2D eigenvalue weighted by molar-refractivity contribution is 5.92. The first kappa shape index (κ1) is 29.8. The maximum absolute atomic E-state index is 13.3. The largest absolute Gasteiger partial charge is 0.489 e. The molecule has 13 heteroatoms. The van der Waals surface area contributed by atoms with Crippen molar-refractivity contribution in [3.63, 3.8) is 0 Å². The van der Waals surface area contributed by atoms with E-state index < -0.39 is 18.6 Å². The molecule has 2 N–H and O–H groups in total. The van der Waals surface area contributed by atoms with Crippen molar-refractivity contribution in [3.8, 4) is 11.5 Å². The Balaban J connectivity index is 1.21. The molecule has 1 aliphatic carbocycles. The molecule has 0 bridgehead atoms. The lowest BCUT2D eigenvalue weighted by atomic mass is 9.95. The van der Waals surface area contributed by atoms with Crippen LogP contribution in [0.2, 0.25) is 0 Å². The highest BCUT2D eigenvalue weighted by Crippen LogP contribution is 2.39. The molecular weight excluding hydrogens is 562 g/mol. The van der Waals surface area contributed by atoms with Gasteiger partial charge in [-0.3, -0.25) is 14.4 Å². The van der Waals surface area contributed by atoms with Crippen molar-refractivity contribution in [2.75, 3.05) is 13.2 Å². The van der Waals surface area contributed by atoms with E-state index in [2.05, 4.69) is 30.3 Å². The van der Waals surface area contributed by atoms with Crippen LogP contribution < -0.4 is 20.1 Å². The van der Waals surface area contributed by atoms with Crippen LogP contribution in [0.4, 0.5) is 8.78 Å². The van der Waals surface area contributed by atoms with Crippen LogP contribution in [-0.2, 0) is 22.7 Å². The van der Waals surface area contributed by atoms with Gasteiger partial charge in [0.05, 0.1) is 25.4 Å². The number of likely N-dealkylation sites (tertiary alicyclic amines) is 1. The van der Waals surface area contributed by atoms with Crippen LogP contribution >= 0.6 is 0 Å². The first-order valence-electron chi connectivity index (χ1n) is 14.0. The van der Waals surface area contributed by atoms with Gasteiger partial charge in [-0.25, -0.2) is 15.0 Å². The molecule has 1 aromatic carbocycles. The van der Waals surface area contributed by atoms with Crippen LogP contribution in [0.5, 0.6) is 11.5 Å². The van der Waals surface area contributed by atoms with E-state index in [0.29, 0.717) is 30.5 Å². The number of hydrogen-bond donors (Lipinski definition) is 2. The van der Waals surface area contributed by atoms with Gasteiger partial charge >= 0.3 is 6.61 Å². The second kappa shape index (κ2) is 13.5. The van der Waals surface area contributed by atoms with E-state index in [4.69, 9.17) is 4.74 Å². The quantitative estimate of drug-likeness (QED) is 0.326. The molecular formula is C30H32F2N6O5. The number of halogens is 2. The van der Waals surface area contributed by atoms with Gasteiger partial charge in [0.2, 0.25) is 11.8 Å². The molecule has 3 amide bonds. The molecule has 11 nitrogen and oxygen atoms in total. The smallest absolute Gasteiger partial charge is 0.387 e. The maximum atomic E-state index is 13.3. The number of hydrogen-bond acceptors (Lipinski definition) is 8. The lowest BCUT2D eigenvalue weighted by Crippen LogP contribution is -2.45. The summed E-state index contributed by atoms with van der Waals surface area (Å²) in [6.45, 7) is -0.706. The van der Waals surface area contributed by atoms with E-state index in [-0.39, 0.29) is 54.6 Å². The number of aromatic nitrogens is 3. The molecule has 0 spiro atoms. The minimum absolute atomic E-state index is 0.0491. The molecule has 1 unspecified atom stereocenters. The van der Waals surface area contributed by atoms with Crippen LogP contribution in [0.3, 0.4) is 0 Å². The Hall–Kier alpha value is -4.68. The fraction of sp³-hybridized carbons (Fsp3) is 0.400. The molecule has 226 valence electrons. The molecule has 2 aromatic heterocycles. The molecule has 3 heterocycles. The zero-order chi connectivity index (χ0) is 30.3. The molecule has 43 heavy (non-hydrogen) atoms. The lowest BCUT2D eigenvalue weighted by molar-refractivity contribution is -0.136. The summed E-state index contributed by atoms with van der Waals surface area (Å²) in [5.41, 5.74) is 1.40. The van der Waals surface area contributed by atoms with Crippen LogP contribution in [0.15, 0.2) is 54.9 Å². The van der Waals surface area contributed by atoms with E-state index in [1.807, 2.05) is 0 Å². The minimum Gasteiger partial charge on any atom is -0.489 e. The SMILES string of the molecule is CC(=O)N1CC(c2ccc(OC(F)F)c(OCC3CC3)c2)C[C@@H]1C(=O)NCc1cccc(C(=O)NCc2ncccn2)n1.